The van der Waals surface area contributed by atoms with Crippen molar-refractivity contribution in [3.63, 3.8) is 0 Å². The van der Waals surface area contributed by atoms with Crippen LogP contribution in [0.2, 0.25) is 0 Å². The minimum absolute atomic E-state index is 0. The first-order chi connectivity index (χ1) is 5.68. The summed E-state index contributed by atoms with van der Waals surface area (Å²) in [5.41, 5.74) is 10.3. The molecule has 0 aromatic carbocycles. The molecule has 7 heteroatoms. The van der Waals surface area contributed by atoms with Gasteiger partial charge in [-0.1, -0.05) is 0 Å². The molecule has 0 aliphatic heterocycles. The van der Waals surface area contributed by atoms with Gasteiger partial charge in [0.25, 0.3) is 0 Å². The summed E-state index contributed by atoms with van der Waals surface area (Å²) in [6.07, 6.45) is 1.47. The topological polar surface area (TPSA) is 113 Å². The first-order valence-corrected chi connectivity index (χ1v) is 3.17. The summed E-state index contributed by atoms with van der Waals surface area (Å²) in [4.78, 5) is 3.76. The molecule has 0 fully saturated rings. The van der Waals surface area contributed by atoms with Gasteiger partial charge in [0, 0.05) is 6.07 Å². The minimum Gasteiger partial charge on any atom is -0.447 e. The van der Waals surface area contributed by atoms with Gasteiger partial charge >= 0.3 is 0 Å². The van der Waals surface area contributed by atoms with Crippen LogP contribution in [-0.4, -0.2) is 11.9 Å². The van der Waals surface area contributed by atoms with Crippen molar-refractivity contribution < 1.29 is 4.42 Å². The van der Waals surface area contributed by atoms with Crippen LogP contribution in [-0.2, 0) is 0 Å². The van der Waals surface area contributed by atoms with Crippen molar-refractivity contribution in [3.05, 3.63) is 18.4 Å². The Kier molecular flexibility index (Phi) is 4.39. The molecular weight excluding hydrogens is 194 g/mol. The normalized spacial score (nSPS) is 10.3. The van der Waals surface area contributed by atoms with Gasteiger partial charge in [-0.15, -0.1) is 12.4 Å². The van der Waals surface area contributed by atoms with Crippen LogP contribution in [0.25, 0.3) is 0 Å². The van der Waals surface area contributed by atoms with E-state index in [4.69, 9.17) is 21.3 Å². The average Bonchev–Trinajstić information content (AvgIpc) is 2.37. The van der Waals surface area contributed by atoms with E-state index in [0.717, 1.165) is 0 Å². The van der Waals surface area contributed by atoms with E-state index in [1.54, 1.807) is 12.1 Å². The molecule has 0 atom stereocenters. The summed E-state index contributed by atoms with van der Waals surface area (Å²) in [5.74, 6) is 0.126. The maximum atomic E-state index is 6.83. The largest absolute Gasteiger partial charge is 0.447 e. The fourth-order valence-corrected chi connectivity index (χ4v) is 0.618. The molecule has 0 aliphatic rings. The maximum absolute atomic E-state index is 6.83. The van der Waals surface area contributed by atoms with Gasteiger partial charge in [-0.25, -0.2) is 0 Å². The number of nitrogens with one attached hydrogen (secondary N) is 2. The van der Waals surface area contributed by atoms with Gasteiger partial charge in [0.1, 0.15) is 0 Å². The van der Waals surface area contributed by atoms with Gasteiger partial charge in [0.15, 0.2) is 5.96 Å². The lowest BCUT2D eigenvalue weighted by molar-refractivity contribution is 0.577. The number of halogens is 1. The summed E-state index contributed by atoms with van der Waals surface area (Å²) in [6, 6.07) is 3.31. The minimum atomic E-state index is -0.261. The molecule has 1 heterocycles. The molecule has 1 aromatic heterocycles. The molecule has 13 heavy (non-hydrogen) atoms. The molecule has 0 aliphatic carbocycles. The second kappa shape index (κ2) is 5.04. The molecule has 1 rings (SSSR count). The number of hydrogen-bond acceptors (Lipinski definition) is 3. The first-order valence-electron chi connectivity index (χ1n) is 3.17. The maximum Gasteiger partial charge on any atom is 0.221 e. The number of nitrogens with two attached hydrogens (primary N) is 2. The second-order valence-electron chi connectivity index (χ2n) is 1.99. The molecule has 0 unspecified atom stereocenters. The molecule has 0 bridgehead atoms. The molecule has 72 valence electrons. The number of rotatable bonds is 1. The number of aliphatic imine (C=N–C) groups is 1. The van der Waals surface area contributed by atoms with E-state index in [9.17, 15) is 0 Å². The molecule has 6 N–H and O–H groups in total. The lowest BCUT2D eigenvalue weighted by atomic mass is 10.6. The Balaban J connectivity index is 0.00000144. The van der Waals surface area contributed by atoms with E-state index in [2.05, 4.69) is 10.3 Å². The quantitative estimate of drug-likeness (QED) is 0.384. The highest BCUT2D eigenvalue weighted by atomic mass is 35.5. The van der Waals surface area contributed by atoms with Gasteiger partial charge in [0.2, 0.25) is 11.8 Å². The van der Waals surface area contributed by atoms with Crippen molar-refractivity contribution in [1.82, 2.24) is 5.32 Å². The van der Waals surface area contributed by atoms with E-state index >= 15 is 0 Å². The summed E-state index contributed by atoms with van der Waals surface area (Å²) in [6.45, 7) is 0. The lowest BCUT2D eigenvalue weighted by Gasteiger charge is -1.99. The molecule has 0 saturated heterocycles. The zero-order valence-corrected chi connectivity index (χ0v) is 7.47. The zero-order chi connectivity index (χ0) is 8.97. The third kappa shape index (κ3) is 4.02. The standard InChI is InChI=1S/C6H9N5O.ClH/c7-5(8)11-6(9)10-4-2-1-3-12-4;/h1-3H,(H6,7,8,9,10,11);1H. The van der Waals surface area contributed by atoms with Crippen molar-refractivity contribution in [1.29, 1.82) is 5.41 Å². The number of furan rings is 1. The van der Waals surface area contributed by atoms with Gasteiger partial charge in [-0.2, -0.15) is 4.99 Å². The number of guanidine groups is 2. The van der Waals surface area contributed by atoms with E-state index in [0.29, 0.717) is 5.88 Å². The van der Waals surface area contributed by atoms with Crippen LogP contribution in [0.3, 0.4) is 0 Å². The van der Waals surface area contributed by atoms with Crippen molar-refractivity contribution >= 4 is 30.2 Å². The fraction of sp³-hybridized carbons (Fsp3) is 0. The van der Waals surface area contributed by atoms with Crippen LogP contribution in [0.4, 0.5) is 5.88 Å². The summed E-state index contributed by atoms with van der Waals surface area (Å²) in [7, 11) is 0. The van der Waals surface area contributed by atoms with Crippen molar-refractivity contribution in [3.8, 4) is 0 Å². The highest BCUT2D eigenvalue weighted by molar-refractivity contribution is 5.96. The lowest BCUT2D eigenvalue weighted by Crippen LogP contribution is -2.40. The van der Waals surface area contributed by atoms with Crippen molar-refractivity contribution in [2.24, 2.45) is 16.5 Å². The van der Waals surface area contributed by atoms with Gasteiger partial charge in [-0.3, -0.25) is 10.7 Å². The summed E-state index contributed by atoms with van der Waals surface area (Å²) < 4.78 is 4.87. The number of nitrogens with zero attached hydrogens (tertiary/aromatic N) is 1. The van der Waals surface area contributed by atoms with Gasteiger partial charge in [-0.05, 0) is 6.07 Å². The van der Waals surface area contributed by atoms with Crippen molar-refractivity contribution in [2.45, 2.75) is 0 Å². The summed E-state index contributed by atoms with van der Waals surface area (Å²) >= 11 is 0. The average molecular weight is 204 g/mol. The van der Waals surface area contributed by atoms with Crippen LogP contribution in [0, 0.1) is 5.41 Å². The van der Waals surface area contributed by atoms with E-state index in [1.807, 2.05) is 0 Å². The third-order valence-corrected chi connectivity index (χ3v) is 1.000. The Morgan fingerprint density at radius 2 is 2.23 bits per heavy atom. The Hall–Kier alpha value is -1.69. The summed E-state index contributed by atoms with van der Waals surface area (Å²) in [5, 5.41) is 9.14. The van der Waals surface area contributed by atoms with Crippen LogP contribution in [0.1, 0.15) is 0 Å². The molecule has 6 nitrogen and oxygen atoms in total. The molecule has 0 spiro atoms. The second-order valence-corrected chi connectivity index (χ2v) is 1.99. The molecular formula is C6H10ClN5O. The highest BCUT2D eigenvalue weighted by Gasteiger charge is 1.94. The molecule has 0 saturated carbocycles. The van der Waals surface area contributed by atoms with Crippen LogP contribution in [0.5, 0.6) is 0 Å². The Morgan fingerprint density at radius 1 is 1.54 bits per heavy atom. The first kappa shape index (κ1) is 11.3. The Labute approximate surface area is 80.9 Å². The zero-order valence-electron chi connectivity index (χ0n) is 6.65. The Bertz CT molecular complexity index is 294. The van der Waals surface area contributed by atoms with Gasteiger partial charge < -0.3 is 15.9 Å². The molecule has 1 aromatic rings. The highest BCUT2D eigenvalue weighted by Crippen LogP contribution is 2.09. The molecule has 0 amide bonds. The Morgan fingerprint density at radius 3 is 2.69 bits per heavy atom. The predicted octanol–water partition coefficient (Wildman–Crippen LogP) is 0.131. The van der Waals surface area contributed by atoms with E-state index in [1.165, 1.54) is 6.26 Å². The predicted molar refractivity (Wildman–Crippen MR) is 52.3 cm³/mol. The van der Waals surface area contributed by atoms with E-state index in [-0.39, 0.29) is 24.3 Å². The van der Waals surface area contributed by atoms with E-state index < -0.39 is 0 Å². The van der Waals surface area contributed by atoms with Crippen LogP contribution >= 0.6 is 12.4 Å². The number of hydrogen-bond donors (Lipinski definition) is 4. The third-order valence-electron chi connectivity index (χ3n) is 1.000. The fourth-order valence-electron chi connectivity index (χ4n) is 0.618. The molecule has 0 radical (unpaired) electrons. The van der Waals surface area contributed by atoms with Crippen LogP contribution in [0.15, 0.2) is 27.8 Å². The smallest absolute Gasteiger partial charge is 0.221 e. The van der Waals surface area contributed by atoms with Gasteiger partial charge in [0.05, 0.1) is 6.26 Å². The SMILES string of the molecule is Cl.N=C(N)NC(N)=Nc1ccco1. The monoisotopic (exact) mass is 203 g/mol. The van der Waals surface area contributed by atoms with Crippen molar-refractivity contribution in [2.75, 3.05) is 0 Å². The van der Waals surface area contributed by atoms with Crippen LogP contribution < -0.4 is 16.8 Å².